The highest BCUT2D eigenvalue weighted by Crippen LogP contribution is 2.38. The number of halogens is 1. The van der Waals surface area contributed by atoms with Crippen LogP contribution < -0.4 is 20.1 Å². The van der Waals surface area contributed by atoms with Gasteiger partial charge >= 0.3 is 6.03 Å². The van der Waals surface area contributed by atoms with Gasteiger partial charge in [0.1, 0.15) is 12.1 Å². The Morgan fingerprint density at radius 3 is 2.69 bits per heavy atom. The van der Waals surface area contributed by atoms with E-state index in [4.69, 9.17) is 21.1 Å². The second-order valence-electron chi connectivity index (χ2n) is 7.70. The number of benzene rings is 1. The number of hydrogen-bond acceptors (Lipinski definition) is 5. The Morgan fingerprint density at radius 1 is 1.14 bits per heavy atom. The number of nitrogens with zero attached hydrogens (tertiary/aromatic N) is 1. The van der Waals surface area contributed by atoms with Gasteiger partial charge in [-0.05, 0) is 30.5 Å². The highest BCUT2D eigenvalue weighted by atomic mass is 35.5. The number of amides is 4. The Kier molecular flexibility index (Phi) is 5.54. The standard InChI is InChI=1S/C20H24ClN3O5/c21-14-9-13(10-15-17(14)29-8-4-7-28-15)11-22-16(25)12-24-18(26)20(23-19(24)27)5-2-1-3-6-20/h9-10H,1-8,11-12H2,(H,22,25)(H,23,27). The lowest BCUT2D eigenvalue weighted by Gasteiger charge is -2.30. The van der Waals surface area contributed by atoms with E-state index in [0.29, 0.717) is 42.6 Å². The number of rotatable bonds is 4. The molecule has 1 aliphatic carbocycles. The number of carbonyl (C=O) groups is 3. The van der Waals surface area contributed by atoms with E-state index >= 15 is 0 Å². The molecule has 9 heteroatoms. The molecule has 4 rings (SSSR count). The average Bonchev–Trinajstić information content (AvgIpc) is 2.88. The Morgan fingerprint density at radius 2 is 1.90 bits per heavy atom. The van der Waals surface area contributed by atoms with Crippen LogP contribution in [0.25, 0.3) is 0 Å². The minimum Gasteiger partial charge on any atom is -0.489 e. The van der Waals surface area contributed by atoms with E-state index < -0.39 is 17.5 Å². The van der Waals surface area contributed by atoms with Crippen molar-refractivity contribution in [2.75, 3.05) is 19.8 Å². The predicted molar refractivity (Wildman–Crippen MR) is 105 cm³/mol. The number of ether oxygens (including phenoxy) is 2. The van der Waals surface area contributed by atoms with Crippen LogP contribution in [-0.2, 0) is 16.1 Å². The lowest BCUT2D eigenvalue weighted by molar-refractivity contribution is -0.135. The number of imide groups is 1. The normalized spacial score (nSPS) is 20.4. The smallest absolute Gasteiger partial charge is 0.325 e. The molecule has 2 fully saturated rings. The molecule has 0 aromatic heterocycles. The van der Waals surface area contributed by atoms with Gasteiger partial charge in [0, 0.05) is 13.0 Å². The van der Waals surface area contributed by atoms with Crippen LogP contribution >= 0.6 is 11.6 Å². The molecule has 0 unspecified atom stereocenters. The largest absolute Gasteiger partial charge is 0.489 e. The molecule has 1 saturated heterocycles. The molecule has 1 saturated carbocycles. The van der Waals surface area contributed by atoms with Crippen molar-refractivity contribution >= 4 is 29.4 Å². The van der Waals surface area contributed by atoms with Gasteiger partial charge in [-0.1, -0.05) is 30.9 Å². The first-order valence-corrected chi connectivity index (χ1v) is 10.4. The van der Waals surface area contributed by atoms with Crippen LogP contribution in [0.1, 0.15) is 44.1 Å². The molecule has 1 aromatic rings. The minimum atomic E-state index is -0.822. The molecule has 1 spiro atoms. The summed E-state index contributed by atoms with van der Waals surface area (Å²) in [5.74, 6) is 0.351. The van der Waals surface area contributed by atoms with E-state index in [0.717, 1.165) is 36.1 Å². The maximum absolute atomic E-state index is 12.8. The molecule has 2 aliphatic heterocycles. The van der Waals surface area contributed by atoms with Crippen LogP contribution in [0, 0.1) is 0 Å². The first-order chi connectivity index (χ1) is 14.0. The van der Waals surface area contributed by atoms with E-state index in [2.05, 4.69) is 10.6 Å². The van der Waals surface area contributed by atoms with Gasteiger partial charge in [0.2, 0.25) is 5.91 Å². The third-order valence-electron chi connectivity index (χ3n) is 5.61. The van der Waals surface area contributed by atoms with Gasteiger partial charge in [0.15, 0.2) is 11.5 Å². The van der Waals surface area contributed by atoms with E-state index in [1.54, 1.807) is 12.1 Å². The van der Waals surface area contributed by atoms with Crippen molar-refractivity contribution in [2.24, 2.45) is 0 Å². The zero-order chi connectivity index (χ0) is 20.4. The van der Waals surface area contributed by atoms with Gasteiger partial charge in [-0.15, -0.1) is 0 Å². The number of hydrogen-bond donors (Lipinski definition) is 2. The van der Waals surface area contributed by atoms with Crippen molar-refractivity contribution < 1.29 is 23.9 Å². The quantitative estimate of drug-likeness (QED) is 0.727. The van der Waals surface area contributed by atoms with E-state index in [1.165, 1.54) is 0 Å². The van der Waals surface area contributed by atoms with Crippen molar-refractivity contribution in [1.82, 2.24) is 15.5 Å². The summed E-state index contributed by atoms with van der Waals surface area (Å²) >= 11 is 6.27. The zero-order valence-electron chi connectivity index (χ0n) is 16.1. The first kappa shape index (κ1) is 19.8. The summed E-state index contributed by atoms with van der Waals surface area (Å²) in [5.41, 5.74) is -0.0779. The van der Waals surface area contributed by atoms with Crippen LogP contribution in [0.3, 0.4) is 0 Å². The van der Waals surface area contributed by atoms with E-state index in [-0.39, 0.29) is 19.0 Å². The van der Waals surface area contributed by atoms with Gasteiger partial charge in [-0.25, -0.2) is 4.79 Å². The maximum atomic E-state index is 12.8. The second-order valence-corrected chi connectivity index (χ2v) is 8.10. The van der Waals surface area contributed by atoms with Crippen molar-refractivity contribution in [2.45, 2.75) is 50.6 Å². The first-order valence-electron chi connectivity index (χ1n) is 9.97. The summed E-state index contributed by atoms with van der Waals surface area (Å²) in [4.78, 5) is 38.4. The zero-order valence-corrected chi connectivity index (χ0v) is 16.8. The summed E-state index contributed by atoms with van der Waals surface area (Å²) in [7, 11) is 0. The number of fused-ring (bicyclic) bond motifs is 1. The molecule has 8 nitrogen and oxygen atoms in total. The molecule has 0 bridgehead atoms. The van der Waals surface area contributed by atoms with Crippen molar-refractivity contribution in [3.05, 3.63) is 22.7 Å². The second kappa shape index (κ2) is 8.10. The van der Waals surface area contributed by atoms with Crippen LogP contribution in [0.4, 0.5) is 4.79 Å². The number of urea groups is 1. The van der Waals surface area contributed by atoms with Crippen LogP contribution in [0.5, 0.6) is 11.5 Å². The molecule has 1 aromatic carbocycles. The molecule has 2 heterocycles. The Balaban J connectivity index is 1.37. The number of carbonyl (C=O) groups excluding carboxylic acids is 3. The third-order valence-corrected chi connectivity index (χ3v) is 5.89. The van der Waals surface area contributed by atoms with E-state index in [9.17, 15) is 14.4 Å². The van der Waals surface area contributed by atoms with Crippen LogP contribution in [0.15, 0.2) is 12.1 Å². The predicted octanol–water partition coefficient (Wildman–Crippen LogP) is 2.37. The summed E-state index contributed by atoms with van der Waals surface area (Å²) in [6.07, 6.45) is 4.89. The SMILES string of the molecule is O=C(CN1C(=O)NC2(CCCCC2)C1=O)NCc1cc(Cl)c2c(c1)OCCCO2. The highest BCUT2D eigenvalue weighted by molar-refractivity contribution is 6.32. The topological polar surface area (TPSA) is 97.0 Å². The summed E-state index contributed by atoms with van der Waals surface area (Å²) in [6, 6.07) is 2.99. The summed E-state index contributed by atoms with van der Waals surface area (Å²) < 4.78 is 11.2. The molecular weight excluding hydrogens is 398 g/mol. The minimum absolute atomic E-state index is 0.198. The monoisotopic (exact) mass is 421 g/mol. The van der Waals surface area contributed by atoms with Crippen LogP contribution in [0.2, 0.25) is 5.02 Å². The molecule has 4 amide bonds. The Bertz CT molecular complexity index is 838. The van der Waals surface area contributed by atoms with Gasteiger partial charge in [0.05, 0.1) is 18.2 Å². The van der Waals surface area contributed by atoms with Crippen LogP contribution in [-0.4, -0.2) is 48.0 Å². The fraction of sp³-hybridized carbons (Fsp3) is 0.550. The summed E-state index contributed by atoms with van der Waals surface area (Å²) in [6.45, 7) is 0.970. The molecule has 3 aliphatic rings. The van der Waals surface area contributed by atoms with Crippen molar-refractivity contribution in [3.8, 4) is 11.5 Å². The van der Waals surface area contributed by atoms with Gasteiger partial charge in [-0.2, -0.15) is 0 Å². The molecule has 156 valence electrons. The summed E-state index contributed by atoms with van der Waals surface area (Å²) in [5, 5.41) is 5.96. The molecule has 0 radical (unpaired) electrons. The fourth-order valence-electron chi connectivity index (χ4n) is 4.10. The fourth-order valence-corrected chi connectivity index (χ4v) is 4.39. The van der Waals surface area contributed by atoms with Gasteiger partial charge < -0.3 is 20.1 Å². The lowest BCUT2D eigenvalue weighted by atomic mass is 9.82. The van der Waals surface area contributed by atoms with Crippen molar-refractivity contribution in [3.63, 3.8) is 0 Å². The highest BCUT2D eigenvalue weighted by Gasteiger charge is 2.51. The Hall–Kier alpha value is -2.48. The molecule has 2 N–H and O–H groups in total. The van der Waals surface area contributed by atoms with Gasteiger partial charge in [-0.3, -0.25) is 14.5 Å². The lowest BCUT2D eigenvalue weighted by Crippen LogP contribution is -2.49. The molecule has 29 heavy (non-hydrogen) atoms. The molecular formula is C20H24ClN3O5. The average molecular weight is 422 g/mol. The Labute approximate surface area is 173 Å². The van der Waals surface area contributed by atoms with E-state index in [1.807, 2.05) is 0 Å². The molecule has 0 atom stereocenters. The van der Waals surface area contributed by atoms with Crippen molar-refractivity contribution in [1.29, 1.82) is 0 Å². The number of nitrogens with one attached hydrogen (secondary N) is 2. The maximum Gasteiger partial charge on any atom is 0.325 e. The third kappa shape index (κ3) is 3.99. The van der Waals surface area contributed by atoms with Gasteiger partial charge in [0.25, 0.3) is 5.91 Å².